The van der Waals surface area contributed by atoms with Gasteiger partial charge >= 0.3 is 6.18 Å². The molecule has 22 heavy (non-hydrogen) atoms. The maximum Gasteiger partial charge on any atom is 0.449 e. The maximum atomic E-state index is 12.5. The molecule has 1 saturated heterocycles. The fraction of sp³-hybridized carbons (Fsp3) is 0.733. The lowest BCUT2D eigenvalue weighted by Gasteiger charge is -2.19. The highest BCUT2D eigenvalue weighted by Gasteiger charge is 2.52. The summed E-state index contributed by atoms with van der Waals surface area (Å²) in [4.78, 5) is 23.8. The van der Waals surface area contributed by atoms with Crippen molar-refractivity contribution in [3.05, 3.63) is 11.3 Å². The number of aliphatic hydroxyl groups is 1. The average Bonchev–Trinajstić information content (AvgIpc) is 2.63. The van der Waals surface area contributed by atoms with Gasteiger partial charge in [-0.2, -0.15) is 13.2 Å². The number of aliphatic hydroxyl groups excluding tert-OH is 1. The Balaban J connectivity index is 2.70. The van der Waals surface area contributed by atoms with Crippen molar-refractivity contribution in [1.29, 1.82) is 0 Å². The number of rotatable bonds is 7. The molecule has 1 N–H and O–H groups in total. The van der Waals surface area contributed by atoms with E-state index in [9.17, 15) is 22.8 Å². The summed E-state index contributed by atoms with van der Waals surface area (Å²) in [7, 11) is 0. The van der Waals surface area contributed by atoms with Gasteiger partial charge in [0.15, 0.2) is 5.78 Å². The number of Topliss-reactive ketones (excluding diaryl/α,β-unsaturated/α-hetero) is 1. The van der Waals surface area contributed by atoms with Gasteiger partial charge < -0.3 is 5.11 Å². The Bertz CT molecular complexity index is 471. The van der Waals surface area contributed by atoms with Gasteiger partial charge in [0, 0.05) is 0 Å². The van der Waals surface area contributed by atoms with Gasteiger partial charge in [0.25, 0.3) is 0 Å². The molecular formula is C15H21F3O3S. The van der Waals surface area contributed by atoms with E-state index in [0.717, 1.165) is 32.1 Å². The summed E-state index contributed by atoms with van der Waals surface area (Å²) >= 11 is 0.590. The standard InChI is InChI=1S/C15H21F3O3S/c1-3-4-5-6-7-8-9-14(2)11(19)10(13(21)22-14)12(20)15(16,17)18/h20H,3-9H2,1-2H3. The van der Waals surface area contributed by atoms with Crippen LogP contribution in [0.5, 0.6) is 0 Å². The van der Waals surface area contributed by atoms with Crippen molar-refractivity contribution in [2.24, 2.45) is 0 Å². The molecule has 0 aliphatic carbocycles. The first-order valence-corrected chi connectivity index (χ1v) is 8.23. The van der Waals surface area contributed by atoms with Crippen LogP contribution in [0.4, 0.5) is 13.2 Å². The molecule has 0 spiro atoms. The quantitative estimate of drug-likeness (QED) is 0.316. The highest BCUT2D eigenvalue weighted by atomic mass is 32.2. The van der Waals surface area contributed by atoms with E-state index in [1.54, 1.807) is 0 Å². The number of carbonyl (C=O) groups is 2. The molecule has 1 aliphatic heterocycles. The van der Waals surface area contributed by atoms with Crippen molar-refractivity contribution >= 4 is 22.7 Å². The van der Waals surface area contributed by atoms with Crippen LogP contribution in [0, 0.1) is 0 Å². The van der Waals surface area contributed by atoms with Crippen LogP contribution in [-0.4, -0.2) is 26.9 Å². The largest absolute Gasteiger partial charge is 0.504 e. The van der Waals surface area contributed by atoms with E-state index in [1.807, 2.05) is 0 Å². The zero-order valence-electron chi connectivity index (χ0n) is 12.8. The molecule has 1 aliphatic rings. The van der Waals surface area contributed by atoms with Gasteiger partial charge in [-0.25, -0.2) is 0 Å². The third-order valence-electron chi connectivity index (χ3n) is 3.74. The second-order valence-corrected chi connectivity index (χ2v) is 7.16. The Morgan fingerprint density at radius 3 is 2.23 bits per heavy atom. The van der Waals surface area contributed by atoms with Crippen molar-refractivity contribution in [2.45, 2.75) is 69.7 Å². The van der Waals surface area contributed by atoms with Gasteiger partial charge in [-0.3, -0.25) is 9.59 Å². The Morgan fingerprint density at radius 2 is 1.68 bits per heavy atom. The molecular weight excluding hydrogens is 317 g/mol. The number of alkyl halides is 3. The van der Waals surface area contributed by atoms with Crippen LogP contribution in [0.3, 0.4) is 0 Å². The van der Waals surface area contributed by atoms with E-state index in [1.165, 1.54) is 6.92 Å². The number of thioether (sulfide) groups is 1. The number of carbonyl (C=O) groups excluding carboxylic acids is 2. The molecule has 1 heterocycles. The third kappa shape index (κ3) is 4.51. The van der Waals surface area contributed by atoms with Crippen LogP contribution in [0.1, 0.15) is 58.8 Å². The minimum absolute atomic E-state index is 0.336. The molecule has 7 heteroatoms. The highest BCUT2D eigenvalue weighted by molar-refractivity contribution is 8.17. The zero-order chi connectivity index (χ0) is 17.0. The Morgan fingerprint density at radius 1 is 1.14 bits per heavy atom. The molecule has 0 saturated carbocycles. The predicted molar refractivity (Wildman–Crippen MR) is 79.7 cm³/mol. The molecule has 0 aromatic heterocycles. The molecule has 1 atom stereocenters. The van der Waals surface area contributed by atoms with Crippen molar-refractivity contribution in [1.82, 2.24) is 0 Å². The molecule has 0 aromatic rings. The van der Waals surface area contributed by atoms with Gasteiger partial charge in [-0.05, 0) is 13.3 Å². The maximum absolute atomic E-state index is 12.5. The fourth-order valence-corrected chi connectivity index (χ4v) is 3.55. The number of unbranched alkanes of at least 4 members (excludes halogenated alkanes) is 5. The number of hydrogen-bond donors (Lipinski definition) is 1. The van der Waals surface area contributed by atoms with Crippen molar-refractivity contribution in [2.75, 3.05) is 0 Å². The summed E-state index contributed by atoms with van der Waals surface area (Å²) in [6, 6.07) is 0. The Hall–Kier alpha value is -0.980. The van der Waals surface area contributed by atoms with Crippen LogP contribution in [-0.2, 0) is 9.59 Å². The smallest absolute Gasteiger partial charge is 0.449 e. The zero-order valence-corrected chi connectivity index (χ0v) is 13.6. The highest BCUT2D eigenvalue weighted by Crippen LogP contribution is 2.45. The third-order valence-corrected chi connectivity index (χ3v) is 4.97. The first kappa shape index (κ1) is 19.1. The molecule has 1 unspecified atom stereocenters. The molecule has 1 fully saturated rings. The molecule has 0 radical (unpaired) electrons. The van der Waals surface area contributed by atoms with E-state index < -0.39 is 33.2 Å². The van der Waals surface area contributed by atoms with Crippen LogP contribution in [0.2, 0.25) is 0 Å². The van der Waals surface area contributed by atoms with E-state index >= 15 is 0 Å². The summed E-state index contributed by atoms with van der Waals surface area (Å²) in [5, 5.41) is 8.13. The lowest BCUT2D eigenvalue weighted by Crippen LogP contribution is -2.29. The first-order valence-electron chi connectivity index (χ1n) is 7.42. The van der Waals surface area contributed by atoms with Gasteiger partial charge in [0.1, 0.15) is 5.57 Å². The second kappa shape index (κ2) is 7.53. The minimum atomic E-state index is -5.08. The lowest BCUT2D eigenvalue weighted by molar-refractivity contribution is -0.130. The number of allylic oxidation sites excluding steroid dienone is 1. The number of hydrogen-bond acceptors (Lipinski definition) is 4. The van der Waals surface area contributed by atoms with Crippen LogP contribution in [0.15, 0.2) is 11.3 Å². The second-order valence-electron chi connectivity index (χ2n) is 5.69. The van der Waals surface area contributed by atoms with Gasteiger partial charge in [-0.1, -0.05) is 57.2 Å². The lowest BCUT2D eigenvalue weighted by atomic mass is 9.93. The summed E-state index contributed by atoms with van der Waals surface area (Å²) in [5.41, 5.74) is -1.11. The number of ketones is 1. The fourth-order valence-electron chi connectivity index (χ4n) is 2.41. The van der Waals surface area contributed by atoms with Crippen LogP contribution in [0.25, 0.3) is 0 Å². The van der Waals surface area contributed by atoms with E-state index in [4.69, 9.17) is 5.11 Å². The Labute approximate surface area is 132 Å². The van der Waals surface area contributed by atoms with E-state index in [0.29, 0.717) is 24.6 Å². The van der Waals surface area contributed by atoms with Gasteiger partial charge in [0.05, 0.1) is 4.75 Å². The molecule has 0 amide bonds. The summed E-state index contributed by atoms with van der Waals surface area (Å²) in [6.45, 7) is 3.57. The van der Waals surface area contributed by atoms with Crippen molar-refractivity contribution < 1.29 is 27.9 Å². The molecule has 3 nitrogen and oxygen atoms in total. The van der Waals surface area contributed by atoms with Crippen LogP contribution >= 0.6 is 11.8 Å². The van der Waals surface area contributed by atoms with Crippen LogP contribution < -0.4 is 0 Å². The number of halogens is 3. The molecule has 1 rings (SSSR count). The van der Waals surface area contributed by atoms with Gasteiger partial charge in [-0.15, -0.1) is 0 Å². The first-order chi connectivity index (χ1) is 10.1. The summed E-state index contributed by atoms with van der Waals surface area (Å²) in [5.74, 6) is -2.98. The van der Waals surface area contributed by atoms with E-state index in [2.05, 4.69) is 6.92 Å². The molecule has 0 aromatic carbocycles. The summed E-state index contributed by atoms with van der Waals surface area (Å²) < 4.78 is 36.3. The molecule has 0 bridgehead atoms. The van der Waals surface area contributed by atoms with Crippen molar-refractivity contribution in [3.8, 4) is 0 Å². The Kier molecular flexibility index (Phi) is 6.52. The van der Waals surface area contributed by atoms with Gasteiger partial charge in [0.2, 0.25) is 10.9 Å². The normalized spacial score (nSPS) is 25.0. The SMILES string of the molecule is CCCCCCCCC1(C)SC(=O)C(=C(O)C(F)(F)F)C1=O. The predicted octanol–water partition coefficient (Wildman–Crippen LogP) is 4.71. The van der Waals surface area contributed by atoms with E-state index in [-0.39, 0.29) is 0 Å². The molecule has 126 valence electrons. The monoisotopic (exact) mass is 338 g/mol. The van der Waals surface area contributed by atoms with Crippen molar-refractivity contribution in [3.63, 3.8) is 0 Å². The topological polar surface area (TPSA) is 54.4 Å². The minimum Gasteiger partial charge on any atom is -0.504 e. The summed E-state index contributed by atoms with van der Waals surface area (Å²) in [6.07, 6.45) is 1.16. The average molecular weight is 338 g/mol.